The van der Waals surface area contributed by atoms with Crippen LogP contribution in [0.1, 0.15) is 48.0 Å². The summed E-state index contributed by atoms with van der Waals surface area (Å²) in [6.07, 6.45) is 2.77. The van der Waals surface area contributed by atoms with Crippen molar-refractivity contribution >= 4 is 47.8 Å². The Bertz CT molecular complexity index is 1670. The molecule has 0 spiro atoms. The third-order valence-corrected chi connectivity index (χ3v) is 29.0. The quantitative estimate of drug-likeness (QED) is 0.134. The van der Waals surface area contributed by atoms with Crippen molar-refractivity contribution in [3.8, 4) is 0 Å². The average Bonchev–Trinajstić information content (AvgIpc) is 3.43. The van der Waals surface area contributed by atoms with Crippen LogP contribution in [0.4, 0.5) is 0 Å². The van der Waals surface area contributed by atoms with E-state index in [1.54, 1.807) is 0 Å². The van der Waals surface area contributed by atoms with Crippen LogP contribution in [0, 0.1) is 0 Å². The van der Waals surface area contributed by atoms with Gasteiger partial charge >= 0.3 is 301 Å². The summed E-state index contributed by atoms with van der Waals surface area (Å²) in [5, 5.41) is 2.38. The van der Waals surface area contributed by atoms with Crippen molar-refractivity contribution in [2.45, 2.75) is 71.0 Å². The molecule has 0 aliphatic carbocycles. The predicted molar refractivity (Wildman–Crippen MR) is 210 cm³/mol. The minimum absolute atomic E-state index is 0.149. The first-order valence-corrected chi connectivity index (χ1v) is 25.2. The second-order valence-electron chi connectivity index (χ2n) is 14.5. The molecule has 5 aromatic rings. The van der Waals surface area contributed by atoms with Crippen molar-refractivity contribution in [2.75, 3.05) is 6.61 Å². The Kier molecular flexibility index (Phi) is 10.8. The second-order valence-corrected chi connectivity index (χ2v) is 29.7. The van der Waals surface area contributed by atoms with Gasteiger partial charge in [0.2, 0.25) is 0 Å². The molecule has 1 aliphatic heterocycles. The summed E-state index contributed by atoms with van der Waals surface area (Å²) < 4.78 is 27.2. The predicted octanol–water partition coefficient (Wildman–Crippen LogP) is 7.13. The molecule has 5 heteroatoms. The molecule has 0 amide bonds. The van der Waals surface area contributed by atoms with Crippen LogP contribution in [0.5, 0.6) is 0 Å². The summed E-state index contributed by atoms with van der Waals surface area (Å²) in [6.45, 7) is 13.8. The Hall–Kier alpha value is -3.26. The Balaban J connectivity index is 1.53. The molecule has 2 atom stereocenters. The Morgan fingerprint density at radius 1 is 0.653 bits per heavy atom. The van der Waals surface area contributed by atoms with Crippen LogP contribution in [-0.4, -0.2) is 51.3 Å². The van der Waals surface area contributed by atoms with Crippen LogP contribution in [-0.2, 0) is 13.9 Å². The third kappa shape index (κ3) is 6.91. The molecule has 0 saturated carbocycles. The molecule has 0 bridgehead atoms. The average molecular weight is 774 g/mol. The molecule has 0 unspecified atom stereocenters. The summed E-state index contributed by atoms with van der Waals surface area (Å²) in [5.41, 5.74) is 0. The number of hydrogen-bond donors (Lipinski definition) is 0. The van der Waals surface area contributed by atoms with E-state index in [0.717, 1.165) is 6.42 Å². The SMILES string of the molecule is CC/C=[C](\[C@@H]1OC(C)(C)O[C@@H]1CO[Si](c1ccccc1)(c1ccccc1)C(C)(C)C)[Sn]([c]1ccccc1)([c]1ccccc1)[c]1ccccc1. The fourth-order valence-corrected chi connectivity index (χ4v) is 27.5. The van der Waals surface area contributed by atoms with Gasteiger partial charge in [0.05, 0.1) is 0 Å². The van der Waals surface area contributed by atoms with Gasteiger partial charge in [0, 0.05) is 0 Å². The molecule has 1 heterocycles. The standard InChI is InChI=1S/C26H35O3Si.3C6H5.Sn/c1-7-8-19-23-24(29-26(5,6)28-23)20-27-30(25(2,3)4,21-15-11-9-12-16-21)22-17-13-10-14-18-22;3*1-2-4-6-5-3-1;/h8-18,23-24H,7,20H2,1-6H3;3*1-5H;/t23-,24+;;;;/m0..../s1. The van der Waals surface area contributed by atoms with Gasteiger partial charge in [-0.05, 0) is 0 Å². The zero-order chi connectivity index (χ0) is 34.5. The van der Waals surface area contributed by atoms with E-state index >= 15 is 0 Å². The van der Waals surface area contributed by atoms with Gasteiger partial charge in [0.25, 0.3) is 0 Å². The number of benzene rings is 5. The molecule has 3 nitrogen and oxygen atoms in total. The van der Waals surface area contributed by atoms with Gasteiger partial charge < -0.3 is 0 Å². The zero-order valence-corrected chi connectivity index (χ0v) is 33.7. The van der Waals surface area contributed by atoms with E-state index in [1.165, 1.54) is 24.7 Å². The maximum atomic E-state index is 7.56. The Labute approximate surface area is 299 Å². The molecule has 1 saturated heterocycles. The Morgan fingerprint density at radius 3 is 1.41 bits per heavy atom. The summed E-state index contributed by atoms with van der Waals surface area (Å²) in [6, 6.07) is 55.3. The van der Waals surface area contributed by atoms with Crippen molar-refractivity contribution in [1.82, 2.24) is 0 Å². The van der Waals surface area contributed by atoms with Gasteiger partial charge in [0.15, 0.2) is 0 Å². The van der Waals surface area contributed by atoms with Crippen molar-refractivity contribution in [3.63, 3.8) is 0 Å². The number of rotatable bonds is 11. The van der Waals surface area contributed by atoms with E-state index in [4.69, 9.17) is 13.9 Å². The second kappa shape index (κ2) is 14.9. The zero-order valence-electron chi connectivity index (χ0n) is 29.8. The Morgan fingerprint density at radius 2 is 1.04 bits per heavy atom. The van der Waals surface area contributed by atoms with Crippen LogP contribution in [0.2, 0.25) is 5.04 Å². The van der Waals surface area contributed by atoms with Gasteiger partial charge in [-0.25, -0.2) is 0 Å². The molecule has 0 N–H and O–H groups in total. The molecule has 0 aromatic heterocycles. The topological polar surface area (TPSA) is 27.7 Å². The van der Waals surface area contributed by atoms with Crippen LogP contribution < -0.4 is 21.1 Å². The normalized spacial score (nSPS) is 18.4. The van der Waals surface area contributed by atoms with E-state index < -0.39 is 32.5 Å². The molecule has 6 rings (SSSR count). The van der Waals surface area contributed by atoms with Crippen LogP contribution in [0.15, 0.2) is 161 Å². The van der Waals surface area contributed by atoms with Crippen molar-refractivity contribution in [3.05, 3.63) is 161 Å². The van der Waals surface area contributed by atoms with Gasteiger partial charge in [-0.2, -0.15) is 0 Å². The molecule has 1 fully saturated rings. The summed E-state index contributed by atoms with van der Waals surface area (Å²) in [5.74, 6) is -0.779. The monoisotopic (exact) mass is 774 g/mol. The van der Waals surface area contributed by atoms with Gasteiger partial charge in [0.1, 0.15) is 0 Å². The van der Waals surface area contributed by atoms with E-state index in [9.17, 15) is 0 Å². The molecular formula is C44H50O3SiSn. The number of ether oxygens (including phenoxy) is 2. The van der Waals surface area contributed by atoms with Crippen molar-refractivity contribution < 1.29 is 13.9 Å². The van der Waals surface area contributed by atoms with Gasteiger partial charge in [-0.1, -0.05) is 0 Å². The van der Waals surface area contributed by atoms with E-state index in [2.05, 4.69) is 199 Å². The van der Waals surface area contributed by atoms with E-state index in [-0.39, 0.29) is 17.2 Å². The summed E-state index contributed by atoms with van der Waals surface area (Å²) in [7, 11) is -2.82. The first-order chi connectivity index (χ1) is 23.6. The van der Waals surface area contributed by atoms with E-state index in [0.29, 0.717) is 6.61 Å². The first-order valence-electron chi connectivity index (χ1n) is 17.6. The van der Waals surface area contributed by atoms with Gasteiger partial charge in [-0.15, -0.1) is 0 Å². The first kappa shape index (κ1) is 35.6. The molecule has 49 heavy (non-hydrogen) atoms. The van der Waals surface area contributed by atoms with Crippen LogP contribution in [0.25, 0.3) is 0 Å². The fourth-order valence-electron chi connectivity index (χ4n) is 7.96. The number of hydrogen-bond acceptors (Lipinski definition) is 3. The van der Waals surface area contributed by atoms with Gasteiger partial charge in [-0.3, -0.25) is 0 Å². The third-order valence-electron chi connectivity index (χ3n) is 9.85. The molecule has 1 aliphatic rings. The van der Waals surface area contributed by atoms with Crippen LogP contribution in [0.3, 0.4) is 0 Å². The van der Waals surface area contributed by atoms with Crippen molar-refractivity contribution in [2.24, 2.45) is 0 Å². The summed E-state index contributed by atoms with van der Waals surface area (Å²) >= 11 is -4.02. The number of allylic oxidation sites excluding steroid dienone is 1. The van der Waals surface area contributed by atoms with Crippen molar-refractivity contribution in [1.29, 1.82) is 0 Å². The van der Waals surface area contributed by atoms with Crippen LogP contribution >= 0.6 is 0 Å². The summed E-state index contributed by atoms with van der Waals surface area (Å²) in [4.78, 5) is 0. The minimum atomic E-state index is -4.02. The molecule has 0 radical (unpaired) electrons. The maximum absolute atomic E-state index is 7.56. The molecule has 5 aromatic carbocycles. The fraction of sp³-hybridized carbons (Fsp3) is 0.273. The molecule has 252 valence electrons. The van der Waals surface area contributed by atoms with E-state index in [1.807, 2.05) is 0 Å². The molecular weight excluding hydrogens is 723 g/mol.